The first-order valence-electron chi connectivity index (χ1n) is 6.45. The molecule has 0 atom stereocenters. The summed E-state index contributed by atoms with van der Waals surface area (Å²) in [5.74, 6) is 0.751. The van der Waals surface area contributed by atoms with Crippen LogP contribution in [0.3, 0.4) is 0 Å². The van der Waals surface area contributed by atoms with E-state index >= 15 is 0 Å². The van der Waals surface area contributed by atoms with E-state index in [0.717, 1.165) is 38.3 Å². The number of likely N-dealkylation sites (tertiary alicyclic amines) is 1. The Bertz CT molecular complexity index is 236. The fourth-order valence-electron chi connectivity index (χ4n) is 1.82. The number of nitrogens with one attached hydrogen (secondary N) is 1. The van der Waals surface area contributed by atoms with Gasteiger partial charge in [0.05, 0.1) is 13.2 Å². The van der Waals surface area contributed by atoms with Crippen LogP contribution in [0.15, 0.2) is 12.7 Å². The zero-order chi connectivity index (χ0) is 12.5. The second kappa shape index (κ2) is 8.12. The summed E-state index contributed by atoms with van der Waals surface area (Å²) in [6.45, 7) is 9.45. The average Bonchev–Trinajstić information content (AvgIpc) is 2.34. The number of carbonyl (C=O) groups is 1. The van der Waals surface area contributed by atoms with Gasteiger partial charge in [-0.3, -0.25) is 0 Å². The third-order valence-corrected chi connectivity index (χ3v) is 3.06. The fourth-order valence-corrected chi connectivity index (χ4v) is 1.82. The topological polar surface area (TPSA) is 41.6 Å². The summed E-state index contributed by atoms with van der Waals surface area (Å²) in [5.41, 5.74) is 0. The molecule has 0 bridgehead atoms. The Labute approximate surface area is 104 Å². The van der Waals surface area contributed by atoms with Gasteiger partial charge in [-0.15, -0.1) is 6.58 Å². The number of carbonyl (C=O) groups excluding carboxylic acids is 1. The second-order valence-corrected chi connectivity index (χ2v) is 4.59. The lowest BCUT2D eigenvalue weighted by molar-refractivity contribution is 0.135. The Hall–Kier alpha value is -1.03. The molecule has 4 nitrogen and oxygen atoms in total. The smallest absolute Gasteiger partial charge is 0.317 e. The normalized spacial score (nSPS) is 16.9. The molecule has 1 heterocycles. The molecule has 1 rings (SSSR count). The molecule has 4 heteroatoms. The van der Waals surface area contributed by atoms with Crippen LogP contribution in [0.4, 0.5) is 4.79 Å². The number of urea groups is 1. The summed E-state index contributed by atoms with van der Waals surface area (Å²) in [6, 6.07) is 0.0456. The van der Waals surface area contributed by atoms with Crippen molar-refractivity contribution in [3.63, 3.8) is 0 Å². The van der Waals surface area contributed by atoms with Crippen LogP contribution < -0.4 is 5.32 Å². The van der Waals surface area contributed by atoms with Crippen molar-refractivity contribution in [2.24, 2.45) is 5.92 Å². The van der Waals surface area contributed by atoms with Crippen LogP contribution >= 0.6 is 0 Å². The van der Waals surface area contributed by atoms with E-state index in [9.17, 15) is 4.79 Å². The number of piperidine rings is 1. The lowest BCUT2D eigenvalue weighted by Gasteiger charge is -2.30. The number of hydrogen-bond donors (Lipinski definition) is 1. The molecule has 1 aliphatic heterocycles. The Morgan fingerprint density at radius 1 is 1.47 bits per heavy atom. The van der Waals surface area contributed by atoms with Gasteiger partial charge in [0.25, 0.3) is 0 Å². The van der Waals surface area contributed by atoms with Crippen molar-refractivity contribution in [2.75, 3.05) is 32.8 Å². The van der Waals surface area contributed by atoms with Gasteiger partial charge in [-0.1, -0.05) is 13.0 Å². The molecular weight excluding hydrogens is 216 g/mol. The minimum Gasteiger partial charge on any atom is -0.379 e. The van der Waals surface area contributed by atoms with Crippen LogP contribution in [-0.2, 0) is 4.74 Å². The molecule has 0 saturated carbocycles. The van der Waals surface area contributed by atoms with Gasteiger partial charge in [0.15, 0.2) is 0 Å². The van der Waals surface area contributed by atoms with Crippen LogP contribution in [-0.4, -0.2) is 43.8 Å². The fraction of sp³-hybridized carbons (Fsp3) is 0.769. The number of nitrogens with zero attached hydrogens (tertiary/aromatic N) is 1. The zero-order valence-corrected chi connectivity index (χ0v) is 10.8. The second-order valence-electron chi connectivity index (χ2n) is 4.59. The largest absolute Gasteiger partial charge is 0.379 e. The molecule has 0 unspecified atom stereocenters. The number of amides is 2. The molecule has 17 heavy (non-hydrogen) atoms. The van der Waals surface area contributed by atoms with Gasteiger partial charge in [0.2, 0.25) is 0 Å². The molecule has 0 aromatic rings. The lowest BCUT2D eigenvalue weighted by atomic mass is 10.00. The van der Waals surface area contributed by atoms with Crippen molar-refractivity contribution in [3.05, 3.63) is 12.7 Å². The highest BCUT2D eigenvalue weighted by atomic mass is 16.5. The Morgan fingerprint density at radius 3 is 2.82 bits per heavy atom. The van der Waals surface area contributed by atoms with E-state index in [4.69, 9.17) is 4.74 Å². The van der Waals surface area contributed by atoms with Crippen molar-refractivity contribution >= 4 is 6.03 Å². The molecule has 0 radical (unpaired) electrons. The highest BCUT2D eigenvalue weighted by molar-refractivity contribution is 5.74. The monoisotopic (exact) mass is 240 g/mol. The van der Waals surface area contributed by atoms with Gasteiger partial charge < -0.3 is 15.0 Å². The van der Waals surface area contributed by atoms with Crippen LogP contribution in [0, 0.1) is 5.92 Å². The number of ether oxygens (including phenoxy) is 1. The van der Waals surface area contributed by atoms with Crippen LogP contribution in [0.25, 0.3) is 0 Å². The van der Waals surface area contributed by atoms with Gasteiger partial charge >= 0.3 is 6.03 Å². The van der Waals surface area contributed by atoms with Crippen LogP contribution in [0.2, 0.25) is 0 Å². The summed E-state index contributed by atoms with van der Waals surface area (Å²) in [4.78, 5) is 13.6. The SMILES string of the molecule is C=CCCOCCNC(=O)N1CCC(C)CC1. The van der Waals surface area contributed by atoms with E-state index in [2.05, 4.69) is 18.8 Å². The molecule has 1 N–H and O–H groups in total. The Balaban J connectivity index is 2.02. The molecule has 1 saturated heterocycles. The average molecular weight is 240 g/mol. The van der Waals surface area contributed by atoms with Crippen molar-refractivity contribution in [1.29, 1.82) is 0 Å². The van der Waals surface area contributed by atoms with Gasteiger partial charge in [0, 0.05) is 19.6 Å². The van der Waals surface area contributed by atoms with Crippen LogP contribution in [0.1, 0.15) is 26.2 Å². The first-order valence-corrected chi connectivity index (χ1v) is 6.45. The predicted molar refractivity (Wildman–Crippen MR) is 69.0 cm³/mol. The summed E-state index contributed by atoms with van der Waals surface area (Å²) in [5, 5.41) is 2.88. The maximum atomic E-state index is 11.7. The van der Waals surface area contributed by atoms with Crippen molar-refractivity contribution in [1.82, 2.24) is 10.2 Å². The molecule has 0 aromatic heterocycles. The molecular formula is C13H24N2O2. The van der Waals surface area contributed by atoms with E-state index in [1.807, 2.05) is 11.0 Å². The third kappa shape index (κ3) is 5.73. The minimum absolute atomic E-state index is 0.0456. The molecule has 0 aliphatic carbocycles. The lowest BCUT2D eigenvalue weighted by Crippen LogP contribution is -2.45. The number of hydrogen-bond acceptors (Lipinski definition) is 2. The summed E-state index contributed by atoms with van der Waals surface area (Å²) < 4.78 is 5.32. The van der Waals surface area contributed by atoms with E-state index in [0.29, 0.717) is 19.8 Å². The first-order chi connectivity index (χ1) is 8.24. The quantitative estimate of drug-likeness (QED) is 0.570. The van der Waals surface area contributed by atoms with Crippen molar-refractivity contribution in [3.8, 4) is 0 Å². The van der Waals surface area contributed by atoms with Gasteiger partial charge in [0.1, 0.15) is 0 Å². The van der Waals surface area contributed by atoms with Gasteiger partial charge in [-0.05, 0) is 25.2 Å². The van der Waals surface area contributed by atoms with Crippen molar-refractivity contribution in [2.45, 2.75) is 26.2 Å². The van der Waals surface area contributed by atoms with E-state index in [1.165, 1.54) is 0 Å². The summed E-state index contributed by atoms with van der Waals surface area (Å²) >= 11 is 0. The molecule has 0 spiro atoms. The summed E-state index contributed by atoms with van der Waals surface area (Å²) in [6.07, 6.45) is 4.91. The van der Waals surface area contributed by atoms with Gasteiger partial charge in [-0.25, -0.2) is 4.79 Å². The molecule has 0 aromatic carbocycles. The Morgan fingerprint density at radius 2 is 2.18 bits per heavy atom. The molecule has 1 fully saturated rings. The maximum Gasteiger partial charge on any atom is 0.317 e. The van der Waals surface area contributed by atoms with Crippen LogP contribution in [0.5, 0.6) is 0 Å². The molecule has 1 aliphatic rings. The predicted octanol–water partition coefficient (Wildman–Crippen LogP) is 2.02. The highest BCUT2D eigenvalue weighted by Crippen LogP contribution is 2.15. The maximum absolute atomic E-state index is 11.7. The summed E-state index contributed by atoms with van der Waals surface area (Å²) in [7, 11) is 0. The van der Waals surface area contributed by atoms with Crippen molar-refractivity contribution < 1.29 is 9.53 Å². The zero-order valence-electron chi connectivity index (χ0n) is 10.8. The van der Waals surface area contributed by atoms with E-state index < -0.39 is 0 Å². The minimum atomic E-state index is 0.0456. The first kappa shape index (κ1) is 14.0. The number of rotatable bonds is 6. The highest BCUT2D eigenvalue weighted by Gasteiger charge is 2.19. The third-order valence-electron chi connectivity index (χ3n) is 3.06. The van der Waals surface area contributed by atoms with E-state index in [-0.39, 0.29) is 6.03 Å². The van der Waals surface area contributed by atoms with E-state index in [1.54, 1.807) is 0 Å². The molecule has 2 amide bonds. The standard InChI is InChI=1S/C13H24N2O2/c1-3-4-10-17-11-7-14-13(16)15-8-5-12(2)6-9-15/h3,12H,1,4-11H2,2H3,(H,14,16). The van der Waals surface area contributed by atoms with Gasteiger partial charge in [-0.2, -0.15) is 0 Å². The Kier molecular flexibility index (Phi) is 6.70. The molecule has 98 valence electrons.